The molecule has 1 aliphatic rings. The van der Waals surface area contributed by atoms with Crippen LogP contribution in [0.5, 0.6) is 5.75 Å². The van der Waals surface area contributed by atoms with Gasteiger partial charge in [0.25, 0.3) is 0 Å². The molecule has 0 saturated carbocycles. The minimum absolute atomic E-state index is 0.00102. The largest absolute Gasteiger partial charge is 0.487 e. The molecule has 0 fully saturated rings. The lowest BCUT2D eigenvalue weighted by molar-refractivity contribution is 0.0733. The van der Waals surface area contributed by atoms with E-state index in [0.29, 0.717) is 24.2 Å². The number of aromatic nitrogens is 2. The van der Waals surface area contributed by atoms with Crippen LogP contribution in [0.2, 0.25) is 0 Å². The Morgan fingerprint density at radius 2 is 1.94 bits per heavy atom. The number of benzene rings is 2. The molecule has 8 nitrogen and oxygen atoms in total. The molecule has 192 valence electrons. The van der Waals surface area contributed by atoms with E-state index in [1.54, 1.807) is 49.6 Å². The van der Waals surface area contributed by atoms with Crippen molar-refractivity contribution in [3.05, 3.63) is 72.6 Å². The zero-order valence-electron chi connectivity index (χ0n) is 20.6. The van der Waals surface area contributed by atoms with Crippen molar-refractivity contribution in [2.75, 3.05) is 26.7 Å². The second-order valence-electron chi connectivity index (χ2n) is 9.32. The number of sulfonamides is 1. The first-order chi connectivity index (χ1) is 17.2. The Balaban J connectivity index is 1.74. The van der Waals surface area contributed by atoms with Crippen molar-refractivity contribution >= 4 is 10.0 Å². The van der Waals surface area contributed by atoms with Crippen molar-refractivity contribution in [2.45, 2.75) is 37.4 Å². The molecule has 0 radical (unpaired) electrons. The smallest absolute Gasteiger partial charge is 0.247 e. The predicted molar refractivity (Wildman–Crippen MR) is 134 cm³/mol. The number of hydrogen-bond donors (Lipinski definition) is 1. The summed E-state index contributed by atoms with van der Waals surface area (Å²) in [6.07, 6.45) is 4.60. The van der Waals surface area contributed by atoms with Gasteiger partial charge in [-0.2, -0.15) is 4.31 Å². The third kappa shape index (κ3) is 5.57. The van der Waals surface area contributed by atoms with Crippen LogP contribution in [0.4, 0.5) is 4.39 Å². The SMILES string of the molecule is C[C@@H]1CN([C@H](C)CO)S(=O)(=O)c2ccc(-c3ccccc3F)cc2O[C@H]1CN(C)Cc1cncnc1. The number of hydrogen-bond acceptors (Lipinski definition) is 7. The van der Waals surface area contributed by atoms with E-state index in [-0.39, 0.29) is 35.8 Å². The maximum Gasteiger partial charge on any atom is 0.247 e. The summed E-state index contributed by atoms with van der Waals surface area (Å²) in [4.78, 5) is 10.2. The molecular formula is C26H31FN4O4S. The van der Waals surface area contributed by atoms with E-state index < -0.39 is 21.9 Å². The quantitative estimate of drug-likeness (QED) is 0.517. The van der Waals surface area contributed by atoms with E-state index in [1.807, 2.05) is 14.0 Å². The van der Waals surface area contributed by atoms with Gasteiger partial charge in [0.1, 0.15) is 28.9 Å². The number of ether oxygens (including phenoxy) is 1. The lowest BCUT2D eigenvalue weighted by Crippen LogP contribution is -2.49. The summed E-state index contributed by atoms with van der Waals surface area (Å²) < 4.78 is 49.5. The van der Waals surface area contributed by atoms with Gasteiger partial charge < -0.3 is 9.84 Å². The fourth-order valence-corrected chi connectivity index (χ4v) is 6.23. The Labute approximate surface area is 211 Å². The van der Waals surface area contributed by atoms with Crippen molar-refractivity contribution in [1.82, 2.24) is 19.2 Å². The van der Waals surface area contributed by atoms with Crippen LogP contribution in [0, 0.1) is 11.7 Å². The predicted octanol–water partition coefficient (Wildman–Crippen LogP) is 3.18. The summed E-state index contributed by atoms with van der Waals surface area (Å²) in [6.45, 7) is 4.57. The Morgan fingerprint density at radius 3 is 2.64 bits per heavy atom. The van der Waals surface area contributed by atoms with Crippen molar-refractivity contribution in [2.24, 2.45) is 5.92 Å². The molecule has 10 heteroatoms. The number of fused-ring (bicyclic) bond motifs is 1. The molecule has 2 aromatic carbocycles. The van der Waals surface area contributed by atoms with E-state index in [4.69, 9.17) is 4.74 Å². The van der Waals surface area contributed by atoms with E-state index >= 15 is 0 Å². The molecule has 3 atom stereocenters. The Hall–Kier alpha value is -2.92. The summed E-state index contributed by atoms with van der Waals surface area (Å²) in [5.41, 5.74) is 1.82. The van der Waals surface area contributed by atoms with Gasteiger partial charge in [0.05, 0.1) is 6.61 Å². The molecule has 0 unspecified atom stereocenters. The highest BCUT2D eigenvalue weighted by atomic mass is 32.2. The molecule has 0 aliphatic carbocycles. The fourth-order valence-electron chi connectivity index (χ4n) is 4.40. The van der Waals surface area contributed by atoms with E-state index in [9.17, 15) is 17.9 Å². The first-order valence-electron chi connectivity index (χ1n) is 11.8. The maximum absolute atomic E-state index is 14.5. The first kappa shape index (κ1) is 26.2. The van der Waals surface area contributed by atoms with Gasteiger partial charge in [-0.05, 0) is 37.7 Å². The van der Waals surface area contributed by atoms with Gasteiger partial charge in [0.2, 0.25) is 10.0 Å². The van der Waals surface area contributed by atoms with Gasteiger partial charge in [0, 0.05) is 55.1 Å². The number of rotatable bonds is 7. The summed E-state index contributed by atoms with van der Waals surface area (Å²) in [5, 5.41) is 9.82. The fraction of sp³-hybridized carbons (Fsp3) is 0.385. The van der Waals surface area contributed by atoms with Crippen molar-refractivity contribution in [3.63, 3.8) is 0 Å². The van der Waals surface area contributed by atoms with Crippen LogP contribution in [-0.2, 0) is 16.6 Å². The molecule has 3 aromatic rings. The molecule has 0 spiro atoms. The monoisotopic (exact) mass is 514 g/mol. The third-order valence-corrected chi connectivity index (χ3v) is 8.43. The lowest BCUT2D eigenvalue weighted by Gasteiger charge is -2.37. The van der Waals surface area contributed by atoms with Crippen LogP contribution in [0.15, 0.2) is 66.1 Å². The molecule has 1 aliphatic heterocycles. The highest BCUT2D eigenvalue weighted by Crippen LogP contribution is 2.37. The minimum Gasteiger partial charge on any atom is -0.487 e. The van der Waals surface area contributed by atoms with E-state index in [1.165, 1.54) is 22.8 Å². The van der Waals surface area contributed by atoms with Gasteiger partial charge in [0.15, 0.2) is 0 Å². The van der Waals surface area contributed by atoms with Gasteiger partial charge in [-0.1, -0.05) is 31.2 Å². The van der Waals surface area contributed by atoms with Crippen LogP contribution < -0.4 is 4.74 Å². The second-order valence-corrected chi connectivity index (χ2v) is 11.2. The third-order valence-electron chi connectivity index (χ3n) is 6.41. The molecule has 36 heavy (non-hydrogen) atoms. The highest BCUT2D eigenvalue weighted by molar-refractivity contribution is 7.89. The molecule has 4 rings (SSSR count). The maximum atomic E-state index is 14.5. The number of likely N-dealkylation sites (N-methyl/N-ethyl adjacent to an activating group) is 1. The number of aliphatic hydroxyl groups excluding tert-OH is 1. The second kappa shape index (κ2) is 11.0. The van der Waals surface area contributed by atoms with Crippen LogP contribution in [0.3, 0.4) is 0 Å². The molecule has 0 saturated heterocycles. The summed E-state index contributed by atoms with van der Waals surface area (Å²) in [7, 11) is -2.02. The Kier molecular flexibility index (Phi) is 7.99. The topological polar surface area (TPSA) is 95.9 Å². The molecule has 1 N–H and O–H groups in total. The minimum atomic E-state index is -3.97. The first-order valence-corrected chi connectivity index (χ1v) is 13.3. The molecule has 0 amide bonds. The zero-order chi connectivity index (χ0) is 25.9. The summed E-state index contributed by atoms with van der Waals surface area (Å²) in [6, 6.07) is 10.4. The van der Waals surface area contributed by atoms with Gasteiger partial charge in [-0.15, -0.1) is 0 Å². The molecular weight excluding hydrogens is 483 g/mol. The van der Waals surface area contributed by atoms with E-state index in [0.717, 1.165) is 5.56 Å². The lowest BCUT2D eigenvalue weighted by atomic mass is 10.0. The van der Waals surface area contributed by atoms with Gasteiger partial charge in [-0.25, -0.2) is 22.8 Å². The standard InChI is InChI=1S/C26H31FN4O4S/c1-18-13-31(19(2)16-32)36(33,34)26-9-8-21(22-6-4-5-7-23(22)27)10-24(26)35-25(18)15-30(3)14-20-11-28-17-29-12-20/h4-12,17-19,25,32H,13-16H2,1-3H3/t18-,19-,25+/m1/s1. The Bertz CT molecular complexity index is 1290. The molecule has 1 aromatic heterocycles. The van der Waals surface area contributed by atoms with Crippen LogP contribution in [0.25, 0.3) is 11.1 Å². The highest BCUT2D eigenvalue weighted by Gasteiger charge is 2.38. The van der Waals surface area contributed by atoms with E-state index in [2.05, 4.69) is 14.9 Å². The van der Waals surface area contributed by atoms with Crippen LogP contribution >= 0.6 is 0 Å². The Morgan fingerprint density at radius 1 is 1.22 bits per heavy atom. The normalized spacial score (nSPS) is 20.7. The summed E-state index contributed by atoms with van der Waals surface area (Å²) >= 11 is 0. The number of aliphatic hydroxyl groups is 1. The van der Waals surface area contributed by atoms with Crippen LogP contribution in [0.1, 0.15) is 19.4 Å². The number of halogens is 1. The van der Waals surface area contributed by atoms with Crippen molar-refractivity contribution in [1.29, 1.82) is 0 Å². The van der Waals surface area contributed by atoms with Gasteiger partial charge >= 0.3 is 0 Å². The average Bonchev–Trinajstić information content (AvgIpc) is 2.86. The van der Waals surface area contributed by atoms with Crippen molar-refractivity contribution in [3.8, 4) is 16.9 Å². The van der Waals surface area contributed by atoms with Gasteiger partial charge in [-0.3, -0.25) is 4.90 Å². The van der Waals surface area contributed by atoms with Crippen molar-refractivity contribution < 1.29 is 22.7 Å². The zero-order valence-corrected chi connectivity index (χ0v) is 21.4. The summed E-state index contributed by atoms with van der Waals surface area (Å²) in [5.74, 6) is -0.441. The molecule has 0 bridgehead atoms. The van der Waals surface area contributed by atoms with Crippen LogP contribution in [-0.4, -0.2) is 71.6 Å². The number of nitrogens with zero attached hydrogens (tertiary/aromatic N) is 4. The average molecular weight is 515 g/mol. The molecule has 2 heterocycles.